The van der Waals surface area contributed by atoms with Crippen molar-refractivity contribution in [3.05, 3.63) is 53.6 Å². The van der Waals surface area contributed by atoms with Crippen LogP contribution in [0.15, 0.2) is 42.5 Å². The van der Waals surface area contributed by atoms with Crippen LogP contribution in [0, 0.1) is 11.3 Å². The van der Waals surface area contributed by atoms with Crippen LogP contribution in [0.1, 0.15) is 15.9 Å². The van der Waals surface area contributed by atoms with Crippen LogP contribution in [0.5, 0.6) is 5.75 Å². The molecule has 0 aliphatic carbocycles. The first kappa shape index (κ1) is 12.7. The zero-order chi connectivity index (χ0) is 13.8. The molecule has 0 amide bonds. The Morgan fingerprint density at radius 3 is 2.63 bits per heavy atom. The van der Waals surface area contributed by atoms with Crippen LogP contribution in [0.25, 0.3) is 11.1 Å². The van der Waals surface area contributed by atoms with E-state index in [4.69, 9.17) is 15.1 Å². The summed E-state index contributed by atoms with van der Waals surface area (Å²) in [5.74, 6) is -0.750. The first-order valence-corrected chi connectivity index (χ1v) is 5.58. The number of para-hydroxylation sites is 1. The Kier molecular flexibility index (Phi) is 3.48. The molecule has 2 rings (SSSR count). The number of nitriles is 1. The molecule has 0 bridgehead atoms. The summed E-state index contributed by atoms with van der Waals surface area (Å²) in [6, 6.07) is 13.9. The molecule has 0 unspecified atom stereocenters. The highest BCUT2D eigenvalue weighted by atomic mass is 16.5. The smallest absolute Gasteiger partial charge is 0.339 e. The number of rotatable bonds is 3. The van der Waals surface area contributed by atoms with Gasteiger partial charge < -0.3 is 9.84 Å². The van der Waals surface area contributed by atoms with Gasteiger partial charge in [0.1, 0.15) is 11.3 Å². The van der Waals surface area contributed by atoms with Crippen molar-refractivity contribution in [3.63, 3.8) is 0 Å². The minimum atomic E-state index is -1.05. The fourth-order valence-electron chi connectivity index (χ4n) is 1.91. The minimum Gasteiger partial charge on any atom is -0.495 e. The molecule has 0 fully saturated rings. The maximum atomic E-state index is 11.2. The summed E-state index contributed by atoms with van der Waals surface area (Å²) in [6.07, 6.45) is 0. The van der Waals surface area contributed by atoms with Crippen molar-refractivity contribution in [1.82, 2.24) is 0 Å². The van der Waals surface area contributed by atoms with Crippen molar-refractivity contribution in [2.24, 2.45) is 0 Å². The van der Waals surface area contributed by atoms with Gasteiger partial charge in [0.25, 0.3) is 0 Å². The molecule has 0 aromatic heterocycles. The molecule has 94 valence electrons. The molecule has 19 heavy (non-hydrogen) atoms. The zero-order valence-electron chi connectivity index (χ0n) is 10.3. The molecule has 0 aliphatic rings. The Morgan fingerprint density at radius 1 is 1.26 bits per heavy atom. The van der Waals surface area contributed by atoms with Gasteiger partial charge in [0.15, 0.2) is 0 Å². The van der Waals surface area contributed by atoms with Gasteiger partial charge in [-0.05, 0) is 23.8 Å². The monoisotopic (exact) mass is 253 g/mol. The molecule has 0 saturated heterocycles. The largest absolute Gasteiger partial charge is 0.495 e. The van der Waals surface area contributed by atoms with E-state index in [0.29, 0.717) is 16.9 Å². The summed E-state index contributed by atoms with van der Waals surface area (Å²) in [5.41, 5.74) is 2.01. The maximum absolute atomic E-state index is 11.2. The van der Waals surface area contributed by atoms with E-state index in [1.807, 2.05) is 6.07 Å². The quantitative estimate of drug-likeness (QED) is 0.912. The van der Waals surface area contributed by atoms with Gasteiger partial charge in [-0.1, -0.05) is 24.3 Å². The number of carboxylic acids is 1. The highest BCUT2D eigenvalue weighted by Gasteiger charge is 2.15. The van der Waals surface area contributed by atoms with Crippen molar-refractivity contribution >= 4 is 5.97 Å². The van der Waals surface area contributed by atoms with Crippen LogP contribution < -0.4 is 4.74 Å². The zero-order valence-corrected chi connectivity index (χ0v) is 10.3. The number of hydrogen-bond acceptors (Lipinski definition) is 3. The van der Waals surface area contributed by atoms with E-state index in [9.17, 15) is 4.79 Å². The number of carboxylic acid groups (broad SMARTS) is 1. The van der Waals surface area contributed by atoms with E-state index >= 15 is 0 Å². The number of hydrogen-bond donors (Lipinski definition) is 1. The number of aromatic carboxylic acids is 1. The molecule has 1 N–H and O–H groups in total. The van der Waals surface area contributed by atoms with Gasteiger partial charge in [-0.15, -0.1) is 0 Å². The number of benzene rings is 2. The SMILES string of the molecule is COc1c(C(=O)O)cccc1-c1cccc(C#N)c1. The van der Waals surface area contributed by atoms with Crippen molar-refractivity contribution < 1.29 is 14.6 Å². The van der Waals surface area contributed by atoms with Crippen LogP contribution in [-0.4, -0.2) is 18.2 Å². The van der Waals surface area contributed by atoms with Gasteiger partial charge >= 0.3 is 5.97 Å². The van der Waals surface area contributed by atoms with Crippen molar-refractivity contribution in [2.75, 3.05) is 7.11 Å². The van der Waals surface area contributed by atoms with Gasteiger partial charge in [-0.25, -0.2) is 4.79 Å². The highest BCUT2D eigenvalue weighted by molar-refractivity contribution is 5.94. The number of ether oxygens (including phenoxy) is 1. The molecular formula is C15H11NO3. The second kappa shape index (κ2) is 5.23. The predicted molar refractivity (Wildman–Crippen MR) is 70.1 cm³/mol. The third-order valence-electron chi connectivity index (χ3n) is 2.75. The fourth-order valence-corrected chi connectivity index (χ4v) is 1.91. The van der Waals surface area contributed by atoms with Gasteiger partial charge in [-0.3, -0.25) is 0 Å². The average Bonchev–Trinajstić information content (AvgIpc) is 2.46. The van der Waals surface area contributed by atoms with Gasteiger partial charge in [0, 0.05) is 5.56 Å². The predicted octanol–water partition coefficient (Wildman–Crippen LogP) is 2.93. The van der Waals surface area contributed by atoms with E-state index in [2.05, 4.69) is 6.07 Å². The molecule has 2 aromatic carbocycles. The van der Waals surface area contributed by atoms with Gasteiger partial charge in [0.2, 0.25) is 0 Å². The van der Waals surface area contributed by atoms with Gasteiger partial charge in [-0.2, -0.15) is 5.26 Å². The van der Waals surface area contributed by atoms with Gasteiger partial charge in [0.05, 0.1) is 18.7 Å². The standard InChI is InChI=1S/C15H11NO3/c1-19-14-12(6-3-7-13(14)15(17)18)11-5-2-4-10(8-11)9-16/h2-8H,1H3,(H,17,18). The third-order valence-corrected chi connectivity index (χ3v) is 2.75. The Labute approximate surface area is 110 Å². The molecule has 0 aliphatic heterocycles. The topological polar surface area (TPSA) is 70.3 Å². The molecule has 0 heterocycles. The Hall–Kier alpha value is -2.80. The lowest BCUT2D eigenvalue weighted by atomic mass is 10.00. The lowest BCUT2D eigenvalue weighted by molar-refractivity contribution is 0.0693. The molecule has 4 heteroatoms. The maximum Gasteiger partial charge on any atom is 0.339 e. The molecule has 0 saturated carbocycles. The molecule has 2 aromatic rings. The molecular weight excluding hydrogens is 242 g/mol. The van der Waals surface area contributed by atoms with E-state index in [1.165, 1.54) is 13.2 Å². The summed E-state index contributed by atoms with van der Waals surface area (Å²) >= 11 is 0. The lowest BCUT2D eigenvalue weighted by Crippen LogP contribution is -2.01. The van der Waals surface area contributed by atoms with E-state index < -0.39 is 5.97 Å². The molecule has 0 atom stereocenters. The van der Waals surface area contributed by atoms with Crippen LogP contribution in [0.4, 0.5) is 0 Å². The number of carbonyl (C=O) groups is 1. The normalized spacial score (nSPS) is 9.68. The Morgan fingerprint density at radius 2 is 2.00 bits per heavy atom. The summed E-state index contributed by atoms with van der Waals surface area (Å²) in [5, 5.41) is 18.0. The average molecular weight is 253 g/mol. The third kappa shape index (κ3) is 2.40. The first-order valence-electron chi connectivity index (χ1n) is 5.58. The van der Waals surface area contributed by atoms with E-state index in [-0.39, 0.29) is 5.56 Å². The summed E-state index contributed by atoms with van der Waals surface area (Å²) in [4.78, 5) is 11.2. The highest BCUT2D eigenvalue weighted by Crippen LogP contribution is 2.33. The molecule has 4 nitrogen and oxygen atoms in total. The second-order valence-electron chi connectivity index (χ2n) is 3.88. The lowest BCUT2D eigenvalue weighted by Gasteiger charge is -2.11. The van der Waals surface area contributed by atoms with Crippen LogP contribution in [0.2, 0.25) is 0 Å². The fraction of sp³-hybridized carbons (Fsp3) is 0.0667. The summed E-state index contributed by atoms with van der Waals surface area (Å²) in [6.45, 7) is 0. The minimum absolute atomic E-state index is 0.0994. The first-order chi connectivity index (χ1) is 9.17. The van der Waals surface area contributed by atoms with E-state index in [1.54, 1.807) is 30.3 Å². The second-order valence-corrected chi connectivity index (χ2v) is 3.88. The number of nitrogens with zero attached hydrogens (tertiary/aromatic N) is 1. The molecule has 0 spiro atoms. The summed E-state index contributed by atoms with van der Waals surface area (Å²) in [7, 11) is 1.43. The number of methoxy groups -OCH3 is 1. The van der Waals surface area contributed by atoms with Crippen molar-refractivity contribution in [1.29, 1.82) is 5.26 Å². The van der Waals surface area contributed by atoms with Crippen LogP contribution >= 0.6 is 0 Å². The van der Waals surface area contributed by atoms with Crippen LogP contribution in [0.3, 0.4) is 0 Å². The Bertz CT molecular complexity index is 671. The van der Waals surface area contributed by atoms with Crippen LogP contribution in [-0.2, 0) is 0 Å². The van der Waals surface area contributed by atoms with Crippen molar-refractivity contribution in [2.45, 2.75) is 0 Å². The van der Waals surface area contributed by atoms with Crippen molar-refractivity contribution in [3.8, 4) is 22.9 Å². The van der Waals surface area contributed by atoms with E-state index in [0.717, 1.165) is 5.56 Å². The molecule has 0 radical (unpaired) electrons. The summed E-state index contributed by atoms with van der Waals surface area (Å²) < 4.78 is 5.20. The Balaban J connectivity index is 2.65.